The van der Waals surface area contributed by atoms with Gasteiger partial charge in [0, 0.05) is 16.8 Å². The van der Waals surface area contributed by atoms with Gasteiger partial charge in [0.25, 0.3) is 0 Å². The van der Waals surface area contributed by atoms with Crippen molar-refractivity contribution < 1.29 is 0 Å². The summed E-state index contributed by atoms with van der Waals surface area (Å²) in [6.07, 6.45) is 1.92. The number of rotatable bonds is 4. The number of nitrogens with two attached hydrogens (primary N) is 1. The fraction of sp³-hybridized carbons (Fsp3) is 0.308. The van der Waals surface area contributed by atoms with Gasteiger partial charge in [-0.15, -0.1) is 11.8 Å². The van der Waals surface area contributed by atoms with Gasteiger partial charge < -0.3 is 5.73 Å². The maximum absolute atomic E-state index is 5.57. The summed E-state index contributed by atoms with van der Waals surface area (Å²) in [6.45, 7) is 5.15. The van der Waals surface area contributed by atoms with E-state index in [1.54, 1.807) is 0 Å². The second-order valence-electron chi connectivity index (χ2n) is 4.12. The Morgan fingerprint density at radius 3 is 2.82 bits per heavy atom. The van der Waals surface area contributed by atoms with E-state index in [9.17, 15) is 0 Å². The van der Waals surface area contributed by atoms with Crippen molar-refractivity contribution in [1.82, 2.24) is 9.78 Å². The van der Waals surface area contributed by atoms with E-state index in [-0.39, 0.29) is 0 Å². The molecule has 0 amide bonds. The topological polar surface area (TPSA) is 43.8 Å². The predicted octanol–water partition coefficient (Wildman–Crippen LogP) is 2.87. The molecular weight excluding hydrogens is 230 g/mol. The molecule has 0 radical (unpaired) electrons. The molecule has 4 heteroatoms. The van der Waals surface area contributed by atoms with E-state index in [0.29, 0.717) is 5.82 Å². The van der Waals surface area contributed by atoms with Gasteiger partial charge in [-0.25, -0.2) is 0 Å². The van der Waals surface area contributed by atoms with Crippen molar-refractivity contribution in [3.8, 4) is 0 Å². The molecule has 0 bridgehead atoms. The molecule has 0 aliphatic rings. The highest BCUT2D eigenvalue weighted by Crippen LogP contribution is 2.23. The van der Waals surface area contributed by atoms with Crippen LogP contribution in [0.5, 0.6) is 0 Å². The average molecular weight is 247 g/mol. The minimum Gasteiger partial charge on any atom is -0.382 e. The van der Waals surface area contributed by atoms with Crippen molar-refractivity contribution in [3.05, 3.63) is 41.6 Å². The van der Waals surface area contributed by atoms with Crippen LogP contribution < -0.4 is 5.73 Å². The molecule has 0 atom stereocenters. The van der Waals surface area contributed by atoms with Gasteiger partial charge in [-0.05, 0) is 31.5 Å². The lowest BCUT2D eigenvalue weighted by Gasteiger charge is -2.06. The van der Waals surface area contributed by atoms with Crippen LogP contribution in [0.25, 0.3) is 0 Å². The number of anilines is 1. The van der Waals surface area contributed by atoms with Gasteiger partial charge in [0.1, 0.15) is 5.82 Å². The van der Waals surface area contributed by atoms with E-state index in [1.165, 1.54) is 16.0 Å². The zero-order valence-electron chi connectivity index (χ0n) is 10.2. The summed E-state index contributed by atoms with van der Waals surface area (Å²) >= 11 is 1.86. The number of aryl methyl sites for hydroxylation is 3. The van der Waals surface area contributed by atoms with Crippen LogP contribution in [0.15, 0.2) is 35.4 Å². The Hall–Kier alpha value is -1.42. The first-order valence-electron chi connectivity index (χ1n) is 5.64. The molecule has 0 aliphatic heterocycles. The Kier molecular flexibility index (Phi) is 3.74. The molecule has 1 heterocycles. The quantitative estimate of drug-likeness (QED) is 0.845. The monoisotopic (exact) mass is 247 g/mol. The summed E-state index contributed by atoms with van der Waals surface area (Å²) < 4.78 is 1.88. The smallest absolute Gasteiger partial charge is 0.145 e. The molecule has 1 aromatic carbocycles. The maximum Gasteiger partial charge on any atom is 0.145 e. The predicted molar refractivity (Wildman–Crippen MR) is 73.3 cm³/mol. The van der Waals surface area contributed by atoms with E-state index in [4.69, 9.17) is 5.73 Å². The number of thioether (sulfide) groups is 1. The molecule has 2 aromatic rings. The van der Waals surface area contributed by atoms with Crippen molar-refractivity contribution >= 4 is 17.6 Å². The van der Waals surface area contributed by atoms with Gasteiger partial charge in [-0.1, -0.05) is 17.7 Å². The first-order chi connectivity index (χ1) is 8.15. The second-order valence-corrected chi connectivity index (χ2v) is 5.26. The van der Waals surface area contributed by atoms with Crippen LogP contribution in [0.3, 0.4) is 0 Å². The van der Waals surface area contributed by atoms with Gasteiger partial charge in [0.05, 0.1) is 6.54 Å². The Balaban J connectivity index is 1.91. The minimum atomic E-state index is 0.585. The van der Waals surface area contributed by atoms with Gasteiger partial charge >= 0.3 is 0 Å². The Morgan fingerprint density at radius 1 is 1.29 bits per heavy atom. The third kappa shape index (κ3) is 3.27. The molecule has 3 nitrogen and oxygen atoms in total. The highest BCUT2D eigenvalue weighted by atomic mass is 32.2. The van der Waals surface area contributed by atoms with Crippen LogP contribution in [0.2, 0.25) is 0 Å². The summed E-state index contributed by atoms with van der Waals surface area (Å²) in [7, 11) is 0. The lowest BCUT2D eigenvalue weighted by molar-refractivity contribution is 0.669. The van der Waals surface area contributed by atoms with Gasteiger partial charge in [-0.3, -0.25) is 4.68 Å². The van der Waals surface area contributed by atoms with Gasteiger partial charge in [-0.2, -0.15) is 5.10 Å². The summed E-state index contributed by atoms with van der Waals surface area (Å²) in [4.78, 5) is 1.35. The summed E-state index contributed by atoms with van der Waals surface area (Å²) in [6, 6.07) is 8.37. The molecule has 2 rings (SSSR count). The molecule has 0 aliphatic carbocycles. The van der Waals surface area contributed by atoms with Crippen LogP contribution in [-0.4, -0.2) is 15.5 Å². The van der Waals surface area contributed by atoms with Crippen molar-refractivity contribution in [3.63, 3.8) is 0 Å². The second kappa shape index (κ2) is 5.27. The lowest BCUT2D eigenvalue weighted by Crippen LogP contribution is -2.02. The maximum atomic E-state index is 5.57. The molecular formula is C13H17N3S. The van der Waals surface area contributed by atoms with Crippen molar-refractivity contribution in [2.24, 2.45) is 0 Å². The highest BCUT2D eigenvalue weighted by molar-refractivity contribution is 7.99. The normalized spacial score (nSPS) is 10.7. The number of benzene rings is 1. The average Bonchev–Trinajstić information content (AvgIpc) is 2.69. The fourth-order valence-corrected chi connectivity index (χ4v) is 2.68. The first-order valence-corrected chi connectivity index (χ1v) is 6.63. The molecule has 1 aromatic heterocycles. The Bertz CT molecular complexity index is 505. The highest BCUT2D eigenvalue weighted by Gasteiger charge is 2.00. The number of hydrogen-bond acceptors (Lipinski definition) is 3. The van der Waals surface area contributed by atoms with Crippen molar-refractivity contribution in [2.75, 3.05) is 11.5 Å². The third-order valence-corrected chi connectivity index (χ3v) is 3.72. The number of nitrogens with zero attached hydrogens (tertiary/aromatic N) is 2. The Labute approximate surface area is 106 Å². The number of hydrogen-bond donors (Lipinski definition) is 1. The molecule has 0 saturated carbocycles. The summed E-state index contributed by atoms with van der Waals surface area (Å²) in [5.41, 5.74) is 8.21. The van der Waals surface area contributed by atoms with E-state index < -0.39 is 0 Å². The standard InChI is InChI=1S/C13H17N3S/c1-10-3-4-11(2)12(9-10)17-8-7-16-6-5-13(14)15-16/h3-6,9H,7-8H2,1-2H3,(H2,14,15). The zero-order chi connectivity index (χ0) is 12.3. The van der Waals surface area contributed by atoms with Crippen molar-refractivity contribution in [2.45, 2.75) is 25.3 Å². The van der Waals surface area contributed by atoms with E-state index in [1.807, 2.05) is 28.7 Å². The van der Waals surface area contributed by atoms with Crippen LogP contribution in [-0.2, 0) is 6.54 Å². The van der Waals surface area contributed by atoms with Gasteiger partial charge in [0.15, 0.2) is 0 Å². The molecule has 0 fully saturated rings. The number of aromatic nitrogens is 2. The van der Waals surface area contributed by atoms with Crippen LogP contribution in [0, 0.1) is 13.8 Å². The van der Waals surface area contributed by atoms with Crippen LogP contribution >= 0.6 is 11.8 Å². The SMILES string of the molecule is Cc1ccc(C)c(SCCn2ccc(N)n2)c1. The first kappa shape index (κ1) is 12.0. The van der Waals surface area contributed by atoms with Gasteiger partial charge in [0.2, 0.25) is 0 Å². The molecule has 17 heavy (non-hydrogen) atoms. The third-order valence-electron chi connectivity index (χ3n) is 2.58. The molecule has 0 spiro atoms. The lowest BCUT2D eigenvalue weighted by atomic mass is 10.2. The minimum absolute atomic E-state index is 0.585. The van der Waals surface area contributed by atoms with E-state index in [2.05, 4.69) is 37.1 Å². The van der Waals surface area contributed by atoms with Crippen LogP contribution in [0.1, 0.15) is 11.1 Å². The molecule has 0 unspecified atom stereocenters. The van der Waals surface area contributed by atoms with Crippen LogP contribution in [0.4, 0.5) is 5.82 Å². The fourth-order valence-electron chi connectivity index (χ4n) is 1.61. The van der Waals surface area contributed by atoms with E-state index >= 15 is 0 Å². The van der Waals surface area contributed by atoms with Crippen molar-refractivity contribution in [1.29, 1.82) is 0 Å². The molecule has 90 valence electrons. The summed E-state index contributed by atoms with van der Waals surface area (Å²) in [5.74, 6) is 1.59. The zero-order valence-corrected chi connectivity index (χ0v) is 11.0. The molecule has 0 saturated heterocycles. The largest absolute Gasteiger partial charge is 0.382 e. The summed E-state index contributed by atoms with van der Waals surface area (Å²) in [5, 5.41) is 4.16. The molecule has 2 N–H and O–H groups in total. The Morgan fingerprint density at radius 2 is 2.12 bits per heavy atom. The number of nitrogen functional groups attached to an aromatic ring is 1. The van der Waals surface area contributed by atoms with E-state index in [0.717, 1.165) is 12.3 Å².